The van der Waals surface area contributed by atoms with Crippen molar-refractivity contribution in [3.05, 3.63) is 53.2 Å². The molecule has 4 rings (SSSR count). The van der Waals surface area contributed by atoms with Gasteiger partial charge < -0.3 is 19.4 Å². The first-order chi connectivity index (χ1) is 16.4. The lowest BCUT2D eigenvalue weighted by atomic mass is 10.1. The molecular weight excluding hydrogens is 432 g/mol. The normalized spacial score (nSPS) is 18.7. The quantitative estimate of drug-likeness (QED) is 0.500. The third-order valence-corrected chi connectivity index (χ3v) is 6.70. The Hall–Kier alpha value is -3.42. The van der Waals surface area contributed by atoms with Crippen molar-refractivity contribution in [1.82, 2.24) is 9.88 Å². The lowest BCUT2D eigenvalue weighted by molar-refractivity contribution is -0.139. The Bertz CT molecular complexity index is 1070. The fourth-order valence-electron chi connectivity index (χ4n) is 4.55. The van der Waals surface area contributed by atoms with E-state index in [1.165, 1.54) is 11.8 Å². The standard InChI is InChI=1S/C26H32N4O4/c1-4-34-26(33)20-7-9-23(27-17-20)28-11-5-12-29(15-14-28)24(31)22-10-13-30(25(22)32)21-8-6-18(2)19(3)16-21/h6-9,16-17,22H,4-5,10-15H2,1-3H3. The molecule has 1 aromatic heterocycles. The number of carbonyl (C=O) groups is 3. The van der Waals surface area contributed by atoms with Crippen molar-refractivity contribution in [3.8, 4) is 0 Å². The first-order valence-corrected chi connectivity index (χ1v) is 11.9. The molecular formula is C26H32N4O4. The summed E-state index contributed by atoms with van der Waals surface area (Å²) >= 11 is 0. The van der Waals surface area contributed by atoms with E-state index in [0.717, 1.165) is 30.0 Å². The second-order valence-electron chi connectivity index (χ2n) is 8.89. The number of carbonyl (C=O) groups excluding carboxylic acids is 3. The number of rotatable bonds is 5. The average molecular weight is 465 g/mol. The monoisotopic (exact) mass is 464 g/mol. The zero-order valence-electron chi connectivity index (χ0n) is 20.1. The van der Waals surface area contributed by atoms with Gasteiger partial charge >= 0.3 is 5.97 Å². The Kier molecular flexibility index (Phi) is 7.14. The Labute approximate surface area is 200 Å². The van der Waals surface area contributed by atoms with Crippen molar-refractivity contribution in [1.29, 1.82) is 0 Å². The van der Waals surface area contributed by atoms with Gasteiger partial charge in [0.1, 0.15) is 11.7 Å². The van der Waals surface area contributed by atoms with Gasteiger partial charge in [-0.05, 0) is 69.0 Å². The van der Waals surface area contributed by atoms with E-state index in [-0.39, 0.29) is 17.8 Å². The average Bonchev–Trinajstić information content (AvgIpc) is 3.05. The Morgan fingerprint density at radius 1 is 1.03 bits per heavy atom. The Morgan fingerprint density at radius 3 is 2.56 bits per heavy atom. The predicted octanol–water partition coefficient (Wildman–Crippen LogP) is 2.97. The highest BCUT2D eigenvalue weighted by Crippen LogP contribution is 2.28. The molecule has 2 aromatic rings. The van der Waals surface area contributed by atoms with Crippen LogP contribution >= 0.6 is 0 Å². The number of hydrogen-bond acceptors (Lipinski definition) is 6. The molecule has 0 aliphatic carbocycles. The fraction of sp³-hybridized carbons (Fsp3) is 0.462. The predicted molar refractivity (Wildman–Crippen MR) is 130 cm³/mol. The van der Waals surface area contributed by atoms with E-state index >= 15 is 0 Å². The van der Waals surface area contributed by atoms with E-state index < -0.39 is 5.92 Å². The summed E-state index contributed by atoms with van der Waals surface area (Å²) in [6.45, 7) is 9.26. The van der Waals surface area contributed by atoms with Crippen molar-refractivity contribution in [2.24, 2.45) is 5.92 Å². The van der Waals surface area contributed by atoms with Crippen molar-refractivity contribution in [2.45, 2.75) is 33.6 Å². The van der Waals surface area contributed by atoms with E-state index in [2.05, 4.69) is 9.88 Å². The van der Waals surface area contributed by atoms with Crippen LogP contribution in [0.5, 0.6) is 0 Å². The number of esters is 1. The molecule has 2 amide bonds. The van der Waals surface area contributed by atoms with Gasteiger partial charge in [-0.3, -0.25) is 9.59 Å². The number of hydrogen-bond donors (Lipinski definition) is 0. The van der Waals surface area contributed by atoms with Crippen molar-refractivity contribution in [3.63, 3.8) is 0 Å². The van der Waals surface area contributed by atoms with E-state index in [1.807, 2.05) is 43.0 Å². The maximum absolute atomic E-state index is 13.3. The molecule has 2 aliphatic heterocycles. The SMILES string of the molecule is CCOC(=O)c1ccc(N2CCCN(C(=O)C3CCN(c4ccc(C)c(C)c4)C3=O)CC2)nc1. The maximum Gasteiger partial charge on any atom is 0.339 e. The highest BCUT2D eigenvalue weighted by Gasteiger charge is 2.40. The van der Waals surface area contributed by atoms with Gasteiger partial charge in [-0.15, -0.1) is 0 Å². The molecule has 0 saturated carbocycles. The topological polar surface area (TPSA) is 83.0 Å². The van der Waals surface area contributed by atoms with Crippen LogP contribution in [0.3, 0.4) is 0 Å². The van der Waals surface area contributed by atoms with Gasteiger partial charge in [0.05, 0.1) is 12.2 Å². The summed E-state index contributed by atoms with van der Waals surface area (Å²) in [4.78, 5) is 48.3. The number of ether oxygens (including phenoxy) is 1. The molecule has 0 radical (unpaired) electrons. The van der Waals surface area contributed by atoms with Crippen molar-refractivity contribution >= 4 is 29.3 Å². The molecule has 0 spiro atoms. The molecule has 180 valence electrons. The van der Waals surface area contributed by atoms with E-state index in [1.54, 1.807) is 17.9 Å². The summed E-state index contributed by atoms with van der Waals surface area (Å²) in [5.74, 6) is -0.421. The molecule has 34 heavy (non-hydrogen) atoms. The molecule has 8 heteroatoms. The molecule has 1 aromatic carbocycles. The molecule has 0 bridgehead atoms. The summed E-state index contributed by atoms with van der Waals surface area (Å²) in [6.07, 6.45) is 2.86. The number of aryl methyl sites for hydroxylation is 2. The van der Waals surface area contributed by atoms with Crippen LogP contribution < -0.4 is 9.80 Å². The number of amides is 2. The highest BCUT2D eigenvalue weighted by molar-refractivity contribution is 6.09. The molecule has 1 atom stereocenters. The van der Waals surface area contributed by atoms with E-state index in [9.17, 15) is 14.4 Å². The van der Waals surface area contributed by atoms with Gasteiger partial charge in [-0.2, -0.15) is 0 Å². The Morgan fingerprint density at radius 2 is 1.85 bits per heavy atom. The number of anilines is 2. The first kappa shape index (κ1) is 23.7. The van der Waals surface area contributed by atoms with Crippen molar-refractivity contribution < 1.29 is 19.1 Å². The third kappa shape index (κ3) is 4.90. The van der Waals surface area contributed by atoms with Gasteiger partial charge in [0, 0.05) is 44.6 Å². The van der Waals surface area contributed by atoms with Gasteiger partial charge in [0.2, 0.25) is 11.8 Å². The number of nitrogens with zero attached hydrogens (tertiary/aromatic N) is 4. The van der Waals surface area contributed by atoms with Gasteiger partial charge in [-0.1, -0.05) is 6.07 Å². The van der Waals surface area contributed by atoms with Gasteiger partial charge in [-0.25, -0.2) is 9.78 Å². The lowest BCUT2D eigenvalue weighted by Gasteiger charge is -2.25. The highest BCUT2D eigenvalue weighted by atomic mass is 16.5. The third-order valence-electron chi connectivity index (χ3n) is 6.70. The second kappa shape index (κ2) is 10.2. The lowest BCUT2D eigenvalue weighted by Crippen LogP contribution is -2.42. The zero-order chi connectivity index (χ0) is 24.2. The van der Waals surface area contributed by atoms with Crippen LogP contribution in [0.4, 0.5) is 11.5 Å². The number of aromatic nitrogens is 1. The summed E-state index contributed by atoms with van der Waals surface area (Å²) in [6, 6.07) is 9.52. The Balaban J connectivity index is 1.37. The second-order valence-corrected chi connectivity index (χ2v) is 8.89. The summed E-state index contributed by atoms with van der Waals surface area (Å²) < 4.78 is 5.01. The number of benzene rings is 1. The van der Waals surface area contributed by atoms with Gasteiger partial charge in [0.15, 0.2) is 0 Å². The summed E-state index contributed by atoms with van der Waals surface area (Å²) in [5, 5.41) is 0. The minimum absolute atomic E-state index is 0.0798. The van der Waals surface area contributed by atoms with E-state index in [4.69, 9.17) is 4.74 Å². The molecule has 8 nitrogen and oxygen atoms in total. The fourth-order valence-corrected chi connectivity index (χ4v) is 4.55. The molecule has 1 unspecified atom stereocenters. The minimum Gasteiger partial charge on any atom is -0.462 e. The van der Waals surface area contributed by atoms with Gasteiger partial charge in [0.25, 0.3) is 0 Å². The maximum atomic E-state index is 13.3. The molecule has 3 heterocycles. The zero-order valence-corrected chi connectivity index (χ0v) is 20.1. The van der Waals surface area contributed by atoms with Crippen LogP contribution in [0.15, 0.2) is 36.5 Å². The van der Waals surface area contributed by atoms with Crippen LogP contribution in [0, 0.1) is 19.8 Å². The summed E-state index contributed by atoms with van der Waals surface area (Å²) in [7, 11) is 0. The van der Waals surface area contributed by atoms with Crippen molar-refractivity contribution in [2.75, 3.05) is 49.1 Å². The number of pyridine rings is 1. The van der Waals surface area contributed by atoms with Crippen LogP contribution in [0.25, 0.3) is 0 Å². The smallest absolute Gasteiger partial charge is 0.339 e. The van der Waals surface area contributed by atoms with E-state index in [0.29, 0.717) is 44.8 Å². The molecule has 2 aliphatic rings. The molecule has 2 saturated heterocycles. The first-order valence-electron chi connectivity index (χ1n) is 11.9. The molecule has 2 fully saturated rings. The van der Waals surface area contributed by atoms with Crippen LogP contribution in [-0.2, 0) is 14.3 Å². The largest absolute Gasteiger partial charge is 0.462 e. The summed E-state index contributed by atoms with van der Waals surface area (Å²) in [5.41, 5.74) is 3.60. The van der Waals surface area contributed by atoms with Crippen LogP contribution in [0.1, 0.15) is 41.3 Å². The van der Waals surface area contributed by atoms with Crippen LogP contribution in [0.2, 0.25) is 0 Å². The van der Waals surface area contributed by atoms with Crippen LogP contribution in [-0.4, -0.2) is 67.0 Å². The molecule has 0 N–H and O–H groups in total. The minimum atomic E-state index is -0.616.